The molecule has 0 unspecified atom stereocenters. The highest BCUT2D eigenvalue weighted by atomic mass is 79.9. The minimum absolute atomic E-state index is 0.0948. The summed E-state index contributed by atoms with van der Waals surface area (Å²) < 4.78 is 5.52. The van der Waals surface area contributed by atoms with Gasteiger partial charge in [0.2, 0.25) is 5.70 Å². The Bertz CT molecular complexity index is 522. The number of methoxy groups -OCH3 is 1. The molecule has 0 radical (unpaired) electrons. The molecule has 4 nitrogen and oxygen atoms in total. The molecule has 0 heterocycles. The van der Waals surface area contributed by atoms with Gasteiger partial charge >= 0.3 is 5.97 Å². The summed E-state index contributed by atoms with van der Waals surface area (Å²) in [5, 5.41) is 3.43. The van der Waals surface area contributed by atoms with E-state index in [-0.39, 0.29) is 5.70 Å². The van der Waals surface area contributed by atoms with E-state index in [1.54, 1.807) is 6.08 Å². The first kappa shape index (κ1) is 13.0. The zero-order valence-corrected chi connectivity index (χ0v) is 11.6. The summed E-state index contributed by atoms with van der Waals surface area (Å²) in [7, 11) is 1.30. The molecular weight excluding hydrogens is 296 g/mol. The molecular formula is C13H14BrN2O2+. The van der Waals surface area contributed by atoms with Crippen molar-refractivity contribution in [2.45, 2.75) is 18.8 Å². The Hall–Kier alpha value is -1.49. The molecule has 94 valence electrons. The van der Waals surface area contributed by atoms with Gasteiger partial charge in [-0.1, -0.05) is 28.1 Å². The molecule has 1 aliphatic carbocycles. The van der Waals surface area contributed by atoms with E-state index in [0.717, 1.165) is 10.0 Å². The number of carbonyl (C=O) groups excluding carboxylic acids is 1. The van der Waals surface area contributed by atoms with E-state index in [1.165, 1.54) is 25.5 Å². The van der Waals surface area contributed by atoms with E-state index in [1.807, 2.05) is 6.07 Å². The fourth-order valence-corrected chi connectivity index (χ4v) is 2.24. The maximum atomic E-state index is 11.4. The Morgan fingerprint density at radius 3 is 2.78 bits per heavy atom. The molecule has 1 fully saturated rings. The summed E-state index contributed by atoms with van der Waals surface area (Å²) >= 11 is 3.49. The second-order valence-corrected chi connectivity index (χ2v) is 5.06. The molecule has 1 aromatic rings. The van der Waals surface area contributed by atoms with E-state index >= 15 is 0 Å². The van der Waals surface area contributed by atoms with Crippen molar-refractivity contribution >= 4 is 28.0 Å². The van der Waals surface area contributed by atoms with Crippen LogP contribution in [0.2, 0.25) is 0 Å². The van der Waals surface area contributed by atoms with Crippen LogP contribution in [0.15, 0.2) is 33.5 Å². The number of carbonyl (C=O) groups is 1. The predicted octanol–water partition coefficient (Wildman–Crippen LogP) is 2.05. The molecule has 0 atom stereocenters. The van der Waals surface area contributed by atoms with Crippen LogP contribution < -0.4 is 5.53 Å². The van der Waals surface area contributed by atoms with Crippen LogP contribution in [0.4, 0.5) is 0 Å². The summed E-state index contributed by atoms with van der Waals surface area (Å²) in [5.41, 5.74) is 7.45. The first-order valence-electron chi connectivity index (χ1n) is 5.66. The topological polar surface area (TPSA) is 64.2 Å². The second-order valence-electron chi connectivity index (χ2n) is 4.21. The fraction of sp³-hybridized carbons (Fsp3) is 0.308. The van der Waals surface area contributed by atoms with Crippen LogP contribution in [0.25, 0.3) is 6.08 Å². The lowest BCUT2D eigenvalue weighted by molar-refractivity contribution is -0.215. The summed E-state index contributed by atoms with van der Waals surface area (Å²) in [6.07, 6.45) is 4.12. The SMILES string of the molecule is COC(=O)/C(=C/c1ccc(C2CC2)cc1Br)N=[NH2+]. The number of nitrogens with zero attached hydrogens (tertiary/aromatic N) is 1. The van der Waals surface area contributed by atoms with Crippen molar-refractivity contribution < 1.29 is 15.1 Å². The van der Waals surface area contributed by atoms with Gasteiger partial charge in [0, 0.05) is 4.47 Å². The Kier molecular flexibility index (Phi) is 3.91. The van der Waals surface area contributed by atoms with Crippen LogP contribution in [0, 0.1) is 0 Å². The number of esters is 1. The monoisotopic (exact) mass is 309 g/mol. The van der Waals surface area contributed by atoms with Gasteiger partial charge < -0.3 is 4.74 Å². The zero-order valence-electron chi connectivity index (χ0n) is 10.0. The highest BCUT2D eigenvalue weighted by molar-refractivity contribution is 9.10. The molecule has 1 aromatic carbocycles. The number of rotatable bonds is 4. The molecule has 5 heteroatoms. The number of hydrogen-bond donors (Lipinski definition) is 1. The predicted molar refractivity (Wildman–Crippen MR) is 70.5 cm³/mol. The quantitative estimate of drug-likeness (QED) is 0.525. The molecule has 0 spiro atoms. The summed E-state index contributed by atoms with van der Waals surface area (Å²) in [4.78, 5) is 11.4. The van der Waals surface area contributed by atoms with Gasteiger partial charge in [0.1, 0.15) is 0 Å². The van der Waals surface area contributed by atoms with Crippen molar-refractivity contribution in [1.82, 2.24) is 0 Å². The third-order valence-corrected chi connectivity index (χ3v) is 3.59. The van der Waals surface area contributed by atoms with Crippen LogP contribution in [0.1, 0.15) is 29.9 Å². The van der Waals surface area contributed by atoms with Gasteiger partial charge in [-0.15, -0.1) is 0 Å². The van der Waals surface area contributed by atoms with Gasteiger partial charge in [-0.2, -0.15) is 5.53 Å². The van der Waals surface area contributed by atoms with Crippen LogP contribution in [-0.2, 0) is 9.53 Å². The van der Waals surface area contributed by atoms with Crippen LogP contribution >= 0.6 is 15.9 Å². The van der Waals surface area contributed by atoms with Crippen LogP contribution in [0.5, 0.6) is 0 Å². The number of nitrogens with two attached hydrogens (primary N) is 1. The Morgan fingerprint density at radius 2 is 2.28 bits per heavy atom. The summed E-state index contributed by atoms with van der Waals surface area (Å²) in [6, 6.07) is 6.10. The lowest BCUT2D eigenvalue weighted by atomic mass is 10.1. The summed E-state index contributed by atoms with van der Waals surface area (Å²) in [5.74, 6) is 0.147. The van der Waals surface area contributed by atoms with Crippen molar-refractivity contribution in [3.8, 4) is 0 Å². The Morgan fingerprint density at radius 1 is 1.56 bits per heavy atom. The van der Waals surface area contributed by atoms with Crippen molar-refractivity contribution in [1.29, 1.82) is 0 Å². The molecule has 0 amide bonds. The third kappa shape index (κ3) is 2.85. The lowest BCUT2D eigenvalue weighted by Crippen LogP contribution is -2.25. The van der Waals surface area contributed by atoms with Gasteiger partial charge in [-0.05, 0) is 47.1 Å². The van der Waals surface area contributed by atoms with Gasteiger partial charge in [-0.3, -0.25) is 0 Å². The van der Waals surface area contributed by atoms with E-state index in [9.17, 15) is 4.79 Å². The minimum atomic E-state index is -0.546. The van der Waals surface area contributed by atoms with Gasteiger partial charge in [-0.25, -0.2) is 4.79 Å². The maximum absolute atomic E-state index is 11.4. The number of halogens is 1. The molecule has 1 saturated carbocycles. The molecule has 2 rings (SSSR count). The maximum Gasteiger partial charge on any atom is 0.362 e. The molecule has 1 aliphatic rings. The van der Waals surface area contributed by atoms with Gasteiger partial charge in [0.25, 0.3) is 0 Å². The van der Waals surface area contributed by atoms with Crippen molar-refractivity contribution in [3.63, 3.8) is 0 Å². The fourth-order valence-electron chi connectivity index (χ4n) is 1.73. The highest BCUT2D eigenvalue weighted by Crippen LogP contribution is 2.41. The van der Waals surface area contributed by atoms with E-state index < -0.39 is 5.97 Å². The smallest absolute Gasteiger partial charge is 0.362 e. The Labute approximate surface area is 114 Å². The molecule has 0 aromatic heterocycles. The zero-order chi connectivity index (χ0) is 13.1. The average molecular weight is 310 g/mol. The van der Waals surface area contributed by atoms with E-state index in [2.05, 4.69) is 37.9 Å². The molecule has 0 bridgehead atoms. The largest absolute Gasteiger partial charge is 0.464 e. The minimum Gasteiger partial charge on any atom is -0.464 e. The number of benzene rings is 1. The molecule has 2 N–H and O–H groups in total. The third-order valence-electron chi connectivity index (χ3n) is 2.90. The Balaban J connectivity index is 2.29. The van der Waals surface area contributed by atoms with E-state index in [4.69, 9.17) is 5.53 Å². The van der Waals surface area contributed by atoms with Gasteiger partial charge in [0.05, 0.1) is 7.11 Å². The first-order chi connectivity index (χ1) is 8.65. The van der Waals surface area contributed by atoms with Crippen molar-refractivity contribution in [2.24, 2.45) is 5.11 Å². The molecule has 18 heavy (non-hydrogen) atoms. The average Bonchev–Trinajstić information content (AvgIpc) is 3.20. The summed E-state index contributed by atoms with van der Waals surface area (Å²) in [6.45, 7) is 0. The van der Waals surface area contributed by atoms with Crippen LogP contribution in [0.3, 0.4) is 0 Å². The molecule has 0 aliphatic heterocycles. The van der Waals surface area contributed by atoms with E-state index in [0.29, 0.717) is 5.92 Å². The molecule has 0 saturated heterocycles. The van der Waals surface area contributed by atoms with Crippen molar-refractivity contribution in [3.05, 3.63) is 39.5 Å². The normalized spacial score (nSPS) is 15.3. The lowest BCUT2D eigenvalue weighted by Gasteiger charge is -2.03. The van der Waals surface area contributed by atoms with Crippen LogP contribution in [-0.4, -0.2) is 13.1 Å². The number of ether oxygens (including phenoxy) is 1. The standard InChI is InChI=1S/C13H13BrN2O2/c1-18-13(17)12(16-15)7-10-5-4-9(6-11(10)14)8-2-3-8/h4-8,15H,2-3H2,1H3/p+1/b12-7-,16-15?. The highest BCUT2D eigenvalue weighted by Gasteiger charge is 2.23. The second kappa shape index (κ2) is 5.44. The first-order valence-corrected chi connectivity index (χ1v) is 6.45. The van der Waals surface area contributed by atoms with Crippen molar-refractivity contribution in [2.75, 3.05) is 7.11 Å². The van der Waals surface area contributed by atoms with Gasteiger partial charge in [0.15, 0.2) is 0 Å². The number of hydrogen-bond acceptors (Lipinski definition) is 3.